The van der Waals surface area contributed by atoms with E-state index >= 15 is 0 Å². The predicted molar refractivity (Wildman–Crippen MR) is 76.4 cm³/mol. The van der Waals surface area contributed by atoms with Crippen LogP contribution in [0.4, 0.5) is 5.69 Å². The Morgan fingerprint density at radius 3 is 2.39 bits per heavy atom. The number of hydrogen-bond donors (Lipinski definition) is 2. The lowest BCUT2D eigenvalue weighted by molar-refractivity contribution is 0.100. The first-order valence-electron chi connectivity index (χ1n) is 5.54. The third kappa shape index (κ3) is 3.11. The van der Waals surface area contributed by atoms with Crippen LogP contribution in [0.3, 0.4) is 0 Å². The number of nitrogens with two attached hydrogens (primary N) is 1. The van der Waals surface area contributed by atoms with Crippen LogP contribution in [0, 0.1) is 0 Å². The SMILES string of the molecule is NC(=O)c1ccc(CNc2ccccc2Br)cc1. The summed E-state index contributed by atoms with van der Waals surface area (Å²) in [4.78, 5) is 10.9. The Morgan fingerprint density at radius 1 is 1.11 bits per heavy atom. The lowest BCUT2D eigenvalue weighted by Gasteiger charge is -2.08. The van der Waals surface area contributed by atoms with Crippen molar-refractivity contribution in [3.8, 4) is 0 Å². The number of para-hydroxylation sites is 1. The van der Waals surface area contributed by atoms with E-state index in [1.807, 2.05) is 36.4 Å². The maximum atomic E-state index is 10.9. The van der Waals surface area contributed by atoms with Gasteiger partial charge in [-0.3, -0.25) is 4.79 Å². The largest absolute Gasteiger partial charge is 0.380 e. The highest BCUT2D eigenvalue weighted by Gasteiger charge is 2.01. The molecule has 4 heteroatoms. The predicted octanol–water partition coefficient (Wildman–Crippen LogP) is 3.16. The molecule has 2 aromatic carbocycles. The van der Waals surface area contributed by atoms with Crippen LogP contribution in [0.2, 0.25) is 0 Å². The van der Waals surface area contributed by atoms with Crippen molar-refractivity contribution in [2.45, 2.75) is 6.54 Å². The Morgan fingerprint density at radius 2 is 1.78 bits per heavy atom. The normalized spacial score (nSPS) is 10.1. The molecule has 0 atom stereocenters. The molecule has 2 aromatic rings. The van der Waals surface area contributed by atoms with Crippen LogP contribution in [0.25, 0.3) is 0 Å². The van der Waals surface area contributed by atoms with Crippen molar-refractivity contribution in [3.63, 3.8) is 0 Å². The maximum Gasteiger partial charge on any atom is 0.248 e. The summed E-state index contributed by atoms with van der Waals surface area (Å²) in [5.41, 5.74) is 7.85. The fraction of sp³-hybridized carbons (Fsp3) is 0.0714. The van der Waals surface area contributed by atoms with Gasteiger partial charge >= 0.3 is 0 Å². The lowest BCUT2D eigenvalue weighted by atomic mass is 10.1. The number of halogens is 1. The molecule has 1 amide bonds. The number of anilines is 1. The van der Waals surface area contributed by atoms with Gasteiger partial charge in [0, 0.05) is 22.3 Å². The molecule has 0 aliphatic carbocycles. The Hall–Kier alpha value is -1.81. The molecule has 2 rings (SSSR count). The lowest BCUT2D eigenvalue weighted by Crippen LogP contribution is -2.10. The van der Waals surface area contributed by atoms with E-state index < -0.39 is 5.91 Å². The Bertz CT molecular complexity index is 552. The van der Waals surface area contributed by atoms with Gasteiger partial charge in [-0.25, -0.2) is 0 Å². The van der Waals surface area contributed by atoms with Crippen molar-refractivity contribution < 1.29 is 4.79 Å². The van der Waals surface area contributed by atoms with Crippen LogP contribution in [0.5, 0.6) is 0 Å². The van der Waals surface area contributed by atoms with Crippen molar-refractivity contribution >= 4 is 27.5 Å². The van der Waals surface area contributed by atoms with E-state index in [1.54, 1.807) is 12.1 Å². The van der Waals surface area contributed by atoms with E-state index in [4.69, 9.17) is 5.73 Å². The number of carbonyl (C=O) groups is 1. The third-order valence-electron chi connectivity index (χ3n) is 2.60. The minimum atomic E-state index is -0.402. The maximum absolute atomic E-state index is 10.9. The van der Waals surface area contributed by atoms with Gasteiger partial charge in [-0.2, -0.15) is 0 Å². The summed E-state index contributed by atoms with van der Waals surface area (Å²) >= 11 is 3.48. The zero-order valence-corrected chi connectivity index (χ0v) is 11.3. The molecule has 3 N–H and O–H groups in total. The molecule has 0 aliphatic heterocycles. The van der Waals surface area contributed by atoms with Gasteiger partial charge in [-0.1, -0.05) is 24.3 Å². The van der Waals surface area contributed by atoms with Crippen molar-refractivity contribution in [1.29, 1.82) is 0 Å². The monoisotopic (exact) mass is 304 g/mol. The third-order valence-corrected chi connectivity index (χ3v) is 3.29. The van der Waals surface area contributed by atoms with Crippen LogP contribution < -0.4 is 11.1 Å². The Labute approximate surface area is 114 Å². The van der Waals surface area contributed by atoms with Gasteiger partial charge in [-0.15, -0.1) is 0 Å². The number of amides is 1. The number of rotatable bonds is 4. The number of carbonyl (C=O) groups excluding carboxylic acids is 1. The van der Waals surface area contributed by atoms with Crippen molar-refractivity contribution in [2.24, 2.45) is 5.73 Å². The topological polar surface area (TPSA) is 55.1 Å². The molecule has 3 nitrogen and oxygen atoms in total. The van der Waals surface area contributed by atoms with Crippen LogP contribution in [0.15, 0.2) is 53.0 Å². The number of benzene rings is 2. The van der Waals surface area contributed by atoms with Crippen molar-refractivity contribution in [3.05, 3.63) is 64.1 Å². The first-order valence-corrected chi connectivity index (χ1v) is 6.33. The van der Waals surface area contributed by atoms with E-state index in [-0.39, 0.29) is 0 Å². The summed E-state index contributed by atoms with van der Waals surface area (Å²) in [7, 11) is 0. The molecule has 0 saturated carbocycles. The van der Waals surface area contributed by atoms with Gasteiger partial charge in [0.25, 0.3) is 0 Å². The molecule has 0 unspecified atom stereocenters. The molecule has 0 bridgehead atoms. The zero-order chi connectivity index (χ0) is 13.0. The molecular formula is C14H13BrN2O. The molecular weight excluding hydrogens is 292 g/mol. The molecule has 0 radical (unpaired) electrons. The van der Waals surface area contributed by atoms with Crippen LogP contribution in [-0.2, 0) is 6.54 Å². The first-order chi connectivity index (χ1) is 8.66. The smallest absolute Gasteiger partial charge is 0.248 e. The molecule has 0 heterocycles. The Kier molecular flexibility index (Phi) is 3.99. The number of hydrogen-bond acceptors (Lipinski definition) is 2. The van der Waals surface area contributed by atoms with Gasteiger partial charge in [0.15, 0.2) is 0 Å². The van der Waals surface area contributed by atoms with E-state index in [0.717, 1.165) is 15.7 Å². The van der Waals surface area contributed by atoms with Gasteiger partial charge in [-0.05, 0) is 45.8 Å². The first kappa shape index (κ1) is 12.6. The summed E-state index contributed by atoms with van der Waals surface area (Å²) in [6.45, 7) is 0.696. The van der Waals surface area contributed by atoms with Crippen molar-refractivity contribution in [2.75, 3.05) is 5.32 Å². The van der Waals surface area contributed by atoms with Gasteiger partial charge < -0.3 is 11.1 Å². The summed E-state index contributed by atoms with van der Waals surface area (Å²) in [5, 5.41) is 3.31. The number of primary amides is 1. The summed E-state index contributed by atoms with van der Waals surface area (Å²) < 4.78 is 1.03. The van der Waals surface area contributed by atoms with E-state index in [0.29, 0.717) is 12.1 Å². The minimum absolute atomic E-state index is 0.402. The van der Waals surface area contributed by atoms with Crippen LogP contribution in [0.1, 0.15) is 15.9 Å². The molecule has 0 saturated heterocycles. The fourth-order valence-corrected chi connectivity index (χ4v) is 2.01. The Balaban J connectivity index is 2.02. The highest BCUT2D eigenvalue weighted by atomic mass is 79.9. The highest BCUT2D eigenvalue weighted by Crippen LogP contribution is 2.21. The van der Waals surface area contributed by atoms with E-state index in [9.17, 15) is 4.79 Å². The van der Waals surface area contributed by atoms with E-state index in [1.165, 1.54) is 0 Å². The highest BCUT2D eigenvalue weighted by molar-refractivity contribution is 9.10. The minimum Gasteiger partial charge on any atom is -0.380 e. The zero-order valence-electron chi connectivity index (χ0n) is 9.69. The van der Waals surface area contributed by atoms with Crippen LogP contribution in [-0.4, -0.2) is 5.91 Å². The summed E-state index contributed by atoms with van der Waals surface area (Å²) in [6, 6.07) is 15.2. The quantitative estimate of drug-likeness (QED) is 0.911. The molecule has 0 aromatic heterocycles. The molecule has 0 fully saturated rings. The van der Waals surface area contributed by atoms with Crippen molar-refractivity contribution in [1.82, 2.24) is 0 Å². The molecule has 0 aliphatic rings. The second kappa shape index (κ2) is 5.69. The van der Waals surface area contributed by atoms with Gasteiger partial charge in [0.05, 0.1) is 0 Å². The average molecular weight is 305 g/mol. The molecule has 18 heavy (non-hydrogen) atoms. The second-order valence-corrected chi connectivity index (χ2v) is 4.75. The second-order valence-electron chi connectivity index (χ2n) is 3.89. The fourth-order valence-electron chi connectivity index (χ4n) is 1.59. The van der Waals surface area contributed by atoms with Gasteiger partial charge in [0.1, 0.15) is 0 Å². The average Bonchev–Trinajstić information content (AvgIpc) is 2.38. The summed E-state index contributed by atoms with van der Waals surface area (Å²) in [6.07, 6.45) is 0. The van der Waals surface area contributed by atoms with Crippen LogP contribution >= 0.6 is 15.9 Å². The molecule has 0 spiro atoms. The van der Waals surface area contributed by atoms with E-state index in [2.05, 4.69) is 21.2 Å². The van der Waals surface area contributed by atoms with Gasteiger partial charge in [0.2, 0.25) is 5.91 Å². The standard InChI is InChI=1S/C14H13BrN2O/c15-12-3-1-2-4-13(12)17-9-10-5-7-11(8-6-10)14(16)18/h1-8,17H,9H2,(H2,16,18). The number of nitrogens with one attached hydrogen (secondary N) is 1. The summed E-state index contributed by atoms with van der Waals surface area (Å²) in [5.74, 6) is -0.402. The molecule has 92 valence electrons.